The lowest BCUT2D eigenvalue weighted by Gasteiger charge is -2.07. The first-order valence-corrected chi connectivity index (χ1v) is 7.19. The van der Waals surface area contributed by atoms with Gasteiger partial charge in [0.1, 0.15) is 17.3 Å². The summed E-state index contributed by atoms with van der Waals surface area (Å²) in [6.07, 6.45) is 2.09. The van der Waals surface area contributed by atoms with Gasteiger partial charge in [0, 0.05) is 6.07 Å². The molecule has 0 fully saturated rings. The van der Waals surface area contributed by atoms with Gasteiger partial charge in [0.15, 0.2) is 0 Å². The molecule has 2 aromatic carbocycles. The summed E-state index contributed by atoms with van der Waals surface area (Å²) in [4.78, 5) is 7.71. The fraction of sp³-hybridized carbons (Fsp3) is 0.235. The Hall–Kier alpha value is -2.49. The van der Waals surface area contributed by atoms with Crippen LogP contribution in [0, 0.1) is 0 Å². The molecule has 0 radical (unpaired) electrons. The number of aromatic hydroxyl groups is 1. The van der Waals surface area contributed by atoms with Gasteiger partial charge < -0.3 is 14.8 Å². The number of phenols is 1. The fourth-order valence-electron chi connectivity index (χ4n) is 2.22. The maximum Gasteiger partial charge on any atom is 0.142 e. The highest BCUT2D eigenvalue weighted by molar-refractivity contribution is 5.80. The Morgan fingerprint density at radius 3 is 2.81 bits per heavy atom. The molecule has 0 amide bonds. The Morgan fingerprint density at radius 2 is 2.05 bits per heavy atom. The highest BCUT2D eigenvalue weighted by Crippen LogP contribution is 2.31. The summed E-state index contributed by atoms with van der Waals surface area (Å²) >= 11 is 0. The van der Waals surface area contributed by atoms with Gasteiger partial charge in [-0.2, -0.15) is 0 Å². The molecule has 0 aliphatic carbocycles. The van der Waals surface area contributed by atoms with E-state index < -0.39 is 0 Å². The van der Waals surface area contributed by atoms with Crippen LogP contribution >= 0.6 is 0 Å². The lowest BCUT2D eigenvalue weighted by molar-refractivity contribution is 0.308. The Morgan fingerprint density at radius 1 is 1.19 bits per heavy atom. The minimum atomic E-state index is 0.169. The number of aromatic nitrogens is 2. The van der Waals surface area contributed by atoms with Gasteiger partial charge in [0.25, 0.3) is 0 Å². The van der Waals surface area contributed by atoms with Crippen molar-refractivity contribution in [1.29, 1.82) is 0 Å². The Balaban J connectivity index is 1.88. The molecule has 0 aliphatic heterocycles. The van der Waals surface area contributed by atoms with Crippen LogP contribution in [0.4, 0.5) is 0 Å². The third-order valence-electron chi connectivity index (χ3n) is 3.38. The number of rotatable bonds is 5. The maximum absolute atomic E-state index is 10.2. The summed E-state index contributed by atoms with van der Waals surface area (Å²) in [6.45, 7) is 2.78. The number of aromatic amines is 1. The van der Waals surface area contributed by atoms with E-state index in [9.17, 15) is 5.11 Å². The van der Waals surface area contributed by atoms with Crippen LogP contribution in [0.1, 0.15) is 19.8 Å². The van der Waals surface area contributed by atoms with E-state index in [0.717, 1.165) is 23.9 Å². The summed E-state index contributed by atoms with van der Waals surface area (Å²) in [5, 5.41) is 10.2. The zero-order valence-corrected chi connectivity index (χ0v) is 12.0. The highest BCUT2D eigenvalue weighted by atomic mass is 16.5. The summed E-state index contributed by atoms with van der Waals surface area (Å²) in [5.74, 6) is 1.51. The number of fused-ring (bicyclic) bond motifs is 1. The van der Waals surface area contributed by atoms with Crippen molar-refractivity contribution in [2.24, 2.45) is 0 Å². The van der Waals surface area contributed by atoms with Crippen LogP contribution in [0.25, 0.3) is 22.4 Å². The number of H-pyrrole nitrogens is 1. The molecular weight excluding hydrogens is 264 g/mol. The monoisotopic (exact) mass is 282 g/mol. The molecule has 21 heavy (non-hydrogen) atoms. The van der Waals surface area contributed by atoms with E-state index in [1.165, 1.54) is 0 Å². The number of hydrogen-bond acceptors (Lipinski definition) is 3. The number of nitrogens with one attached hydrogen (secondary N) is 1. The third-order valence-corrected chi connectivity index (χ3v) is 3.38. The van der Waals surface area contributed by atoms with Crippen molar-refractivity contribution in [3.8, 4) is 22.9 Å². The largest absolute Gasteiger partial charge is 0.507 e. The Labute approximate surface area is 123 Å². The molecule has 1 heterocycles. The zero-order valence-electron chi connectivity index (χ0n) is 12.0. The van der Waals surface area contributed by atoms with Gasteiger partial charge in [0.2, 0.25) is 0 Å². The van der Waals surface area contributed by atoms with Crippen LogP contribution in [-0.2, 0) is 0 Å². The molecule has 3 rings (SSSR count). The van der Waals surface area contributed by atoms with Crippen LogP contribution in [0.3, 0.4) is 0 Å². The topological polar surface area (TPSA) is 58.1 Å². The second-order valence-corrected chi connectivity index (χ2v) is 4.98. The molecular formula is C17H18N2O2. The van der Waals surface area contributed by atoms with Gasteiger partial charge in [-0.15, -0.1) is 0 Å². The van der Waals surface area contributed by atoms with Crippen molar-refractivity contribution in [3.63, 3.8) is 0 Å². The van der Waals surface area contributed by atoms with Crippen molar-refractivity contribution >= 4 is 11.0 Å². The van der Waals surface area contributed by atoms with Crippen LogP contribution in [-0.4, -0.2) is 21.7 Å². The summed E-state index contributed by atoms with van der Waals surface area (Å²) in [5.41, 5.74) is 2.51. The van der Waals surface area contributed by atoms with Gasteiger partial charge in [-0.25, -0.2) is 4.98 Å². The van der Waals surface area contributed by atoms with Crippen LogP contribution in [0.15, 0.2) is 42.5 Å². The molecule has 1 aromatic heterocycles. The second kappa shape index (κ2) is 5.87. The SMILES string of the molecule is CCCCOc1ccc(-c2nc3ccccc3[nH]2)c(O)c1. The molecule has 4 heteroatoms. The normalized spacial score (nSPS) is 10.9. The second-order valence-electron chi connectivity index (χ2n) is 4.98. The van der Waals surface area contributed by atoms with E-state index in [2.05, 4.69) is 16.9 Å². The number of ether oxygens (including phenoxy) is 1. The third kappa shape index (κ3) is 2.84. The highest BCUT2D eigenvalue weighted by Gasteiger charge is 2.10. The fourth-order valence-corrected chi connectivity index (χ4v) is 2.22. The number of benzene rings is 2. The van der Waals surface area contributed by atoms with Gasteiger partial charge in [0.05, 0.1) is 23.2 Å². The lowest BCUT2D eigenvalue weighted by Crippen LogP contribution is -1.96. The maximum atomic E-state index is 10.2. The van der Waals surface area contributed by atoms with Crippen molar-refractivity contribution in [1.82, 2.24) is 9.97 Å². The van der Waals surface area contributed by atoms with Crippen molar-refractivity contribution in [3.05, 3.63) is 42.5 Å². The number of hydrogen-bond donors (Lipinski definition) is 2. The number of imidazole rings is 1. The van der Waals surface area contributed by atoms with Crippen LogP contribution in [0.5, 0.6) is 11.5 Å². The minimum absolute atomic E-state index is 0.169. The smallest absolute Gasteiger partial charge is 0.142 e. The lowest BCUT2D eigenvalue weighted by atomic mass is 10.2. The van der Waals surface area contributed by atoms with Gasteiger partial charge in [-0.05, 0) is 30.7 Å². The molecule has 0 bridgehead atoms. The quantitative estimate of drug-likeness (QED) is 0.692. The van der Waals surface area contributed by atoms with E-state index in [-0.39, 0.29) is 5.75 Å². The molecule has 0 atom stereocenters. The number of nitrogens with zero attached hydrogens (tertiary/aromatic N) is 1. The molecule has 0 unspecified atom stereocenters. The van der Waals surface area contributed by atoms with Crippen molar-refractivity contribution < 1.29 is 9.84 Å². The first kappa shape index (κ1) is 13.5. The average Bonchev–Trinajstić information content (AvgIpc) is 2.91. The molecule has 2 N–H and O–H groups in total. The minimum Gasteiger partial charge on any atom is -0.507 e. The van der Waals surface area contributed by atoms with Crippen LogP contribution in [0.2, 0.25) is 0 Å². The van der Waals surface area contributed by atoms with Crippen LogP contribution < -0.4 is 4.74 Å². The molecule has 4 nitrogen and oxygen atoms in total. The van der Waals surface area contributed by atoms with Crippen molar-refractivity contribution in [2.45, 2.75) is 19.8 Å². The number of phenolic OH excluding ortho intramolecular Hbond substituents is 1. The standard InChI is InChI=1S/C17H18N2O2/c1-2-3-10-21-12-8-9-13(16(20)11-12)17-18-14-6-4-5-7-15(14)19-17/h4-9,11,20H,2-3,10H2,1H3,(H,18,19). The molecule has 3 aromatic rings. The molecule has 0 spiro atoms. The summed E-state index contributed by atoms with van der Waals surface area (Å²) in [6, 6.07) is 13.1. The first-order valence-electron chi connectivity index (χ1n) is 7.19. The van der Waals surface area contributed by atoms with Gasteiger partial charge in [-0.1, -0.05) is 25.5 Å². The predicted octanol–water partition coefficient (Wildman–Crippen LogP) is 4.11. The predicted molar refractivity (Wildman–Crippen MR) is 83.6 cm³/mol. The van der Waals surface area contributed by atoms with E-state index >= 15 is 0 Å². The van der Waals surface area contributed by atoms with E-state index in [4.69, 9.17) is 4.74 Å². The Kier molecular flexibility index (Phi) is 3.77. The first-order chi connectivity index (χ1) is 10.3. The summed E-state index contributed by atoms with van der Waals surface area (Å²) < 4.78 is 5.59. The van der Waals surface area contributed by atoms with E-state index in [1.54, 1.807) is 6.07 Å². The summed E-state index contributed by atoms with van der Waals surface area (Å²) in [7, 11) is 0. The molecule has 0 saturated heterocycles. The number of para-hydroxylation sites is 2. The average molecular weight is 282 g/mol. The van der Waals surface area contributed by atoms with Gasteiger partial charge >= 0.3 is 0 Å². The molecule has 0 aliphatic rings. The van der Waals surface area contributed by atoms with Gasteiger partial charge in [-0.3, -0.25) is 0 Å². The van der Waals surface area contributed by atoms with E-state index in [0.29, 0.717) is 23.7 Å². The number of unbranched alkanes of at least 4 members (excludes halogenated alkanes) is 1. The van der Waals surface area contributed by atoms with Crippen molar-refractivity contribution in [2.75, 3.05) is 6.61 Å². The Bertz CT molecular complexity index is 716. The molecule has 108 valence electrons. The van der Waals surface area contributed by atoms with E-state index in [1.807, 2.05) is 36.4 Å². The zero-order chi connectivity index (χ0) is 14.7. The molecule has 0 saturated carbocycles.